The zero-order chi connectivity index (χ0) is 14.4. The summed E-state index contributed by atoms with van der Waals surface area (Å²) in [6.45, 7) is 1.28. The average Bonchev–Trinajstić information content (AvgIpc) is 3.26. The molecule has 1 N–H and O–H groups in total. The molecular formula is C14H24F2N2O2. The molecule has 0 radical (unpaired) electrons. The van der Waals surface area contributed by atoms with Crippen LogP contribution < -0.4 is 5.32 Å². The van der Waals surface area contributed by atoms with E-state index in [1.165, 1.54) is 12.8 Å². The molecule has 4 nitrogen and oxygen atoms in total. The lowest BCUT2D eigenvalue weighted by Crippen LogP contribution is -2.46. The fraction of sp³-hybridized carbons (Fsp3) is 0.929. The highest BCUT2D eigenvalue weighted by Crippen LogP contribution is 2.28. The van der Waals surface area contributed by atoms with Gasteiger partial charge in [-0.3, -0.25) is 4.79 Å². The van der Waals surface area contributed by atoms with E-state index in [0.29, 0.717) is 12.1 Å². The highest BCUT2D eigenvalue weighted by Gasteiger charge is 2.33. The number of halogens is 2. The Kier molecular flexibility index (Phi) is 6.16. The molecule has 1 aliphatic carbocycles. The predicted molar refractivity (Wildman–Crippen MR) is 71.8 cm³/mol. The average molecular weight is 290 g/mol. The van der Waals surface area contributed by atoms with Crippen molar-refractivity contribution in [2.45, 2.75) is 57.0 Å². The molecule has 1 atom stereocenters. The first kappa shape index (κ1) is 15.6. The van der Waals surface area contributed by atoms with Gasteiger partial charge in [0.1, 0.15) is 6.61 Å². The van der Waals surface area contributed by atoms with Crippen molar-refractivity contribution in [3.8, 4) is 0 Å². The normalized spacial score (nSPS) is 23.1. The van der Waals surface area contributed by atoms with E-state index in [9.17, 15) is 13.6 Å². The third-order valence-corrected chi connectivity index (χ3v) is 3.84. The summed E-state index contributed by atoms with van der Waals surface area (Å²) in [4.78, 5) is 14.1. The Morgan fingerprint density at radius 1 is 1.30 bits per heavy atom. The van der Waals surface area contributed by atoms with Gasteiger partial charge in [0.05, 0.1) is 13.0 Å². The lowest BCUT2D eigenvalue weighted by atomic mass is 10.0. The Bertz CT molecular complexity index is 306. The Morgan fingerprint density at radius 3 is 2.70 bits per heavy atom. The molecule has 116 valence electrons. The number of rotatable bonds is 8. The standard InChI is InChI=1S/C14H24F2N2O2/c15-13(16)10-20-8-6-14(19)18(12-4-5-12)9-11-3-1-2-7-17-11/h11-13,17H,1-10H2. The summed E-state index contributed by atoms with van der Waals surface area (Å²) in [5.41, 5.74) is 0. The topological polar surface area (TPSA) is 41.6 Å². The van der Waals surface area contributed by atoms with Crippen LogP contribution in [0.4, 0.5) is 8.78 Å². The molecule has 0 spiro atoms. The Hall–Kier alpha value is -0.750. The predicted octanol–water partition coefficient (Wildman–Crippen LogP) is 1.79. The lowest BCUT2D eigenvalue weighted by Gasteiger charge is -2.31. The number of alkyl halides is 2. The van der Waals surface area contributed by atoms with Crippen LogP contribution in [0.2, 0.25) is 0 Å². The number of ether oxygens (including phenoxy) is 1. The summed E-state index contributed by atoms with van der Waals surface area (Å²) in [5.74, 6) is 0.0362. The first-order valence-corrected chi connectivity index (χ1v) is 7.55. The number of piperidine rings is 1. The van der Waals surface area contributed by atoms with Crippen LogP contribution in [0.15, 0.2) is 0 Å². The maximum Gasteiger partial charge on any atom is 0.261 e. The number of nitrogens with zero attached hydrogens (tertiary/aromatic N) is 1. The van der Waals surface area contributed by atoms with Crippen LogP contribution in [0.1, 0.15) is 38.5 Å². The van der Waals surface area contributed by atoms with Gasteiger partial charge in [-0.1, -0.05) is 6.42 Å². The second kappa shape index (κ2) is 7.88. The smallest absolute Gasteiger partial charge is 0.261 e. The summed E-state index contributed by atoms with van der Waals surface area (Å²) in [6, 6.07) is 0.747. The monoisotopic (exact) mass is 290 g/mol. The van der Waals surface area contributed by atoms with Crippen LogP contribution in [0.3, 0.4) is 0 Å². The minimum atomic E-state index is -2.46. The lowest BCUT2D eigenvalue weighted by molar-refractivity contribution is -0.133. The molecule has 0 bridgehead atoms. The number of amides is 1. The van der Waals surface area contributed by atoms with Crippen LogP contribution in [0.25, 0.3) is 0 Å². The van der Waals surface area contributed by atoms with Crippen molar-refractivity contribution in [1.29, 1.82) is 0 Å². The van der Waals surface area contributed by atoms with E-state index >= 15 is 0 Å². The van der Waals surface area contributed by atoms with E-state index in [4.69, 9.17) is 4.74 Å². The summed E-state index contributed by atoms with van der Waals surface area (Å²) in [7, 11) is 0. The van der Waals surface area contributed by atoms with E-state index in [1.807, 2.05) is 4.90 Å². The van der Waals surface area contributed by atoms with Gasteiger partial charge in [0.2, 0.25) is 5.91 Å². The SMILES string of the molecule is O=C(CCOCC(F)F)N(CC1CCCCN1)C1CC1. The van der Waals surface area contributed by atoms with Gasteiger partial charge in [0.15, 0.2) is 0 Å². The van der Waals surface area contributed by atoms with Crippen molar-refractivity contribution in [2.75, 3.05) is 26.3 Å². The number of hydrogen-bond acceptors (Lipinski definition) is 3. The molecule has 2 aliphatic rings. The Morgan fingerprint density at radius 2 is 2.10 bits per heavy atom. The molecule has 6 heteroatoms. The molecule has 1 heterocycles. The van der Waals surface area contributed by atoms with Gasteiger partial charge < -0.3 is 15.0 Å². The van der Waals surface area contributed by atoms with Crippen molar-refractivity contribution in [3.05, 3.63) is 0 Å². The zero-order valence-electron chi connectivity index (χ0n) is 11.8. The highest BCUT2D eigenvalue weighted by molar-refractivity contribution is 5.77. The number of nitrogens with one attached hydrogen (secondary N) is 1. The quantitative estimate of drug-likeness (QED) is 0.693. The first-order valence-electron chi connectivity index (χ1n) is 7.55. The van der Waals surface area contributed by atoms with Crippen LogP contribution in [-0.4, -0.2) is 55.6 Å². The third-order valence-electron chi connectivity index (χ3n) is 3.84. The maximum absolute atomic E-state index is 12.2. The largest absolute Gasteiger partial charge is 0.375 e. The molecule has 2 fully saturated rings. The summed E-state index contributed by atoms with van der Waals surface area (Å²) in [5, 5.41) is 3.44. The van der Waals surface area contributed by atoms with Crippen LogP contribution in [0.5, 0.6) is 0 Å². The second-order valence-electron chi connectivity index (χ2n) is 5.64. The van der Waals surface area contributed by atoms with Gasteiger partial charge in [0.25, 0.3) is 6.43 Å². The van der Waals surface area contributed by atoms with Crippen molar-refractivity contribution < 1.29 is 18.3 Å². The van der Waals surface area contributed by atoms with Gasteiger partial charge >= 0.3 is 0 Å². The number of carbonyl (C=O) groups excluding carboxylic acids is 1. The van der Waals surface area contributed by atoms with Gasteiger partial charge in [-0.15, -0.1) is 0 Å². The molecule has 1 aliphatic heterocycles. The van der Waals surface area contributed by atoms with Crippen molar-refractivity contribution in [3.63, 3.8) is 0 Å². The van der Waals surface area contributed by atoms with Crippen LogP contribution >= 0.6 is 0 Å². The first-order chi connectivity index (χ1) is 9.66. The maximum atomic E-state index is 12.2. The molecular weight excluding hydrogens is 266 g/mol. The van der Waals surface area contributed by atoms with Crippen molar-refractivity contribution in [1.82, 2.24) is 10.2 Å². The minimum absolute atomic E-state index is 0.0362. The Balaban J connectivity index is 1.71. The van der Waals surface area contributed by atoms with E-state index in [-0.39, 0.29) is 18.9 Å². The van der Waals surface area contributed by atoms with E-state index in [0.717, 1.165) is 32.4 Å². The van der Waals surface area contributed by atoms with E-state index in [2.05, 4.69) is 5.32 Å². The fourth-order valence-electron chi connectivity index (χ4n) is 2.63. The summed E-state index contributed by atoms with van der Waals surface area (Å²) < 4.78 is 28.7. The number of hydrogen-bond donors (Lipinski definition) is 1. The minimum Gasteiger partial charge on any atom is -0.375 e. The Labute approximate surface area is 118 Å². The third kappa shape index (κ3) is 5.32. The molecule has 0 aromatic carbocycles. The zero-order valence-corrected chi connectivity index (χ0v) is 11.8. The van der Waals surface area contributed by atoms with E-state index in [1.54, 1.807) is 0 Å². The second-order valence-corrected chi connectivity index (χ2v) is 5.64. The molecule has 0 aromatic heterocycles. The van der Waals surface area contributed by atoms with Gasteiger partial charge in [0, 0.05) is 18.6 Å². The molecule has 1 amide bonds. The molecule has 0 aromatic rings. The molecule has 20 heavy (non-hydrogen) atoms. The summed E-state index contributed by atoms with van der Waals surface area (Å²) in [6.07, 6.45) is 3.40. The number of carbonyl (C=O) groups is 1. The van der Waals surface area contributed by atoms with Crippen LogP contribution in [0, 0.1) is 0 Å². The van der Waals surface area contributed by atoms with Crippen LogP contribution in [-0.2, 0) is 9.53 Å². The fourth-order valence-corrected chi connectivity index (χ4v) is 2.63. The van der Waals surface area contributed by atoms with Gasteiger partial charge in [-0.25, -0.2) is 8.78 Å². The highest BCUT2D eigenvalue weighted by atomic mass is 19.3. The molecule has 1 unspecified atom stereocenters. The van der Waals surface area contributed by atoms with E-state index < -0.39 is 13.0 Å². The van der Waals surface area contributed by atoms with Crippen molar-refractivity contribution in [2.24, 2.45) is 0 Å². The van der Waals surface area contributed by atoms with Gasteiger partial charge in [-0.2, -0.15) is 0 Å². The van der Waals surface area contributed by atoms with Gasteiger partial charge in [-0.05, 0) is 32.2 Å². The molecule has 1 saturated heterocycles. The molecule has 1 saturated carbocycles. The molecule has 2 rings (SSSR count). The van der Waals surface area contributed by atoms with Crippen molar-refractivity contribution >= 4 is 5.91 Å². The summed E-state index contributed by atoms with van der Waals surface area (Å²) >= 11 is 0.